The van der Waals surface area contributed by atoms with Crippen molar-refractivity contribution in [3.8, 4) is 5.75 Å². The van der Waals surface area contributed by atoms with E-state index in [4.69, 9.17) is 4.74 Å². The highest BCUT2D eigenvalue weighted by molar-refractivity contribution is 8.00. The number of aromatic amines is 1. The molecule has 2 aromatic carbocycles. The fourth-order valence-electron chi connectivity index (χ4n) is 4.01. The molecule has 34 heavy (non-hydrogen) atoms. The van der Waals surface area contributed by atoms with Crippen molar-refractivity contribution in [1.29, 1.82) is 0 Å². The van der Waals surface area contributed by atoms with Crippen LogP contribution in [0.1, 0.15) is 48.8 Å². The van der Waals surface area contributed by atoms with Crippen molar-refractivity contribution < 1.29 is 14.3 Å². The topological polar surface area (TPSA) is 109 Å². The molecular formula is C25H29N5O3S. The molecule has 8 nitrogen and oxygen atoms in total. The molecule has 1 atom stereocenters. The molecule has 1 saturated carbocycles. The van der Waals surface area contributed by atoms with E-state index in [2.05, 4.69) is 25.8 Å². The van der Waals surface area contributed by atoms with Crippen LogP contribution in [0, 0.1) is 5.92 Å². The molecule has 2 amide bonds. The third-order valence-electron chi connectivity index (χ3n) is 5.89. The lowest BCUT2D eigenvalue weighted by Crippen LogP contribution is -2.22. The van der Waals surface area contributed by atoms with Gasteiger partial charge in [0.15, 0.2) is 0 Å². The maximum atomic E-state index is 12.6. The summed E-state index contributed by atoms with van der Waals surface area (Å²) in [5.74, 6) is 1.75. The van der Waals surface area contributed by atoms with Crippen LogP contribution < -0.4 is 15.4 Å². The summed E-state index contributed by atoms with van der Waals surface area (Å²) in [6, 6.07) is 14.0. The van der Waals surface area contributed by atoms with Gasteiger partial charge >= 0.3 is 0 Å². The summed E-state index contributed by atoms with van der Waals surface area (Å²) in [5.41, 5.74) is 1.68. The summed E-state index contributed by atoms with van der Waals surface area (Å²) in [6.07, 6.45) is 6.02. The van der Waals surface area contributed by atoms with Crippen molar-refractivity contribution in [3.63, 3.8) is 0 Å². The lowest BCUT2D eigenvalue weighted by molar-refractivity contribution is -0.115. The molecule has 3 N–H and O–H groups in total. The number of rotatable bonds is 9. The molecule has 0 spiro atoms. The Hall–Kier alpha value is -3.33. The summed E-state index contributed by atoms with van der Waals surface area (Å²) in [7, 11) is 1.55. The summed E-state index contributed by atoms with van der Waals surface area (Å²) in [4.78, 5) is 29.7. The molecule has 0 bridgehead atoms. The number of amides is 2. The molecule has 1 aliphatic carbocycles. The van der Waals surface area contributed by atoms with E-state index in [9.17, 15) is 9.59 Å². The Labute approximate surface area is 203 Å². The van der Waals surface area contributed by atoms with Crippen LogP contribution in [0.15, 0.2) is 53.7 Å². The lowest BCUT2D eigenvalue weighted by Gasteiger charge is -2.12. The first-order chi connectivity index (χ1) is 16.5. The molecule has 0 aliphatic heterocycles. The van der Waals surface area contributed by atoms with Gasteiger partial charge in [0.05, 0.1) is 18.0 Å². The molecule has 0 radical (unpaired) electrons. The first-order valence-electron chi connectivity index (χ1n) is 11.4. The van der Waals surface area contributed by atoms with Crippen LogP contribution in [-0.2, 0) is 11.2 Å². The van der Waals surface area contributed by atoms with Crippen molar-refractivity contribution in [2.24, 2.45) is 5.92 Å². The van der Waals surface area contributed by atoms with Gasteiger partial charge in [-0.3, -0.25) is 14.7 Å². The van der Waals surface area contributed by atoms with Gasteiger partial charge in [0.1, 0.15) is 11.6 Å². The fourth-order valence-corrected chi connectivity index (χ4v) is 4.76. The number of nitrogens with zero attached hydrogens (tertiary/aromatic N) is 2. The molecule has 178 valence electrons. The van der Waals surface area contributed by atoms with Gasteiger partial charge in [-0.2, -0.15) is 0 Å². The second-order valence-corrected chi connectivity index (χ2v) is 9.71. The zero-order chi connectivity index (χ0) is 23.9. The highest BCUT2D eigenvalue weighted by atomic mass is 32.2. The number of carbonyl (C=O) groups is 2. The van der Waals surface area contributed by atoms with Crippen molar-refractivity contribution in [2.45, 2.75) is 49.4 Å². The quantitative estimate of drug-likeness (QED) is 0.376. The van der Waals surface area contributed by atoms with Crippen molar-refractivity contribution in [1.82, 2.24) is 15.2 Å². The first kappa shape index (κ1) is 23.8. The average molecular weight is 480 g/mol. The van der Waals surface area contributed by atoms with E-state index in [1.807, 2.05) is 19.1 Å². The number of para-hydroxylation sites is 2. The number of aromatic nitrogens is 3. The zero-order valence-electron chi connectivity index (χ0n) is 19.3. The van der Waals surface area contributed by atoms with Crippen LogP contribution in [0.25, 0.3) is 0 Å². The second-order valence-electron chi connectivity index (χ2n) is 8.40. The highest BCUT2D eigenvalue weighted by Gasteiger charge is 2.20. The minimum Gasteiger partial charge on any atom is -0.495 e. The maximum absolute atomic E-state index is 12.6. The van der Waals surface area contributed by atoms with E-state index < -0.39 is 0 Å². The molecule has 4 rings (SSSR count). The van der Waals surface area contributed by atoms with Gasteiger partial charge in [0.2, 0.25) is 11.1 Å². The van der Waals surface area contributed by atoms with E-state index in [0.29, 0.717) is 33.8 Å². The number of methoxy groups -OCH3 is 1. The Kier molecular flexibility index (Phi) is 7.84. The highest BCUT2D eigenvalue weighted by Crippen LogP contribution is 2.28. The summed E-state index contributed by atoms with van der Waals surface area (Å²) in [6.45, 7) is 1.82. The van der Waals surface area contributed by atoms with Gasteiger partial charge in [-0.1, -0.05) is 49.6 Å². The van der Waals surface area contributed by atoms with Crippen LogP contribution in [0.3, 0.4) is 0 Å². The predicted molar refractivity (Wildman–Crippen MR) is 133 cm³/mol. The minimum absolute atomic E-state index is 0.154. The molecular weight excluding hydrogens is 450 g/mol. The van der Waals surface area contributed by atoms with Crippen LogP contribution in [0.5, 0.6) is 5.75 Å². The summed E-state index contributed by atoms with van der Waals surface area (Å²) in [5, 5.41) is 13.2. The Bertz CT molecular complexity index is 1130. The normalized spacial score (nSPS) is 14.5. The van der Waals surface area contributed by atoms with Gasteiger partial charge in [0, 0.05) is 17.7 Å². The van der Waals surface area contributed by atoms with Crippen molar-refractivity contribution in [3.05, 3.63) is 59.9 Å². The Morgan fingerprint density at radius 1 is 1.12 bits per heavy atom. The van der Waals surface area contributed by atoms with Crippen molar-refractivity contribution in [2.75, 3.05) is 17.7 Å². The van der Waals surface area contributed by atoms with Gasteiger partial charge in [-0.15, -0.1) is 5.10 Å². The SMILES string of the molecule is COc1ccccc1NC(=O)c1ccc(NC(=O)C(C)Sc2n[nH]c(CC3CCCC3)n2)cc1. The monoisotopic (exact) mass is 479 g/mol. The van der Waals surface area contributed by atoms with Crippen molar-refractivity contribution >= 4 is 35.0 Å². The number of H-pyrrole nitrogens is 1. The number of thioether (sulfide) groups is 1. The molecule has 3 aromatic rings. The first-order valence-corrected chi connectivity index (χ1v) is 12.3. The van der Waals surface area contributed by atoms with E-state index in [1.165, 1.54) is 37.4 Å². The number of hydrogen-bond acceptors (Lipinski definition) is 6. The Morgan fingerprint density at radius 2 is 1.85 bits per heavy atom. The summed E-state index contributed by atoms with van der Waals surface area (Å²) >= 11 is 1.32. The predicted octanol–water partition coefficient (Wildman–Crippen LogP) is 4.92. The van der Waals surface area contributed by atoms with Crippen LogP contribution in [0.2, 0.25) is 0 Å². The number of benzene rings is 2. The largest absolute Gasteiger partial charge is 0.495 e. The fraction of sp³-hybridized carbons (Fsp3) is 0.360. The van der Waals surface area contributed by atoms with E-state index >= 15 is 0 Å². The zero-order valence-corrected chi connectivity index (χ0v) is 20.2. The van der Waals surface area contributed by atoms with Gasteiger partial charge in [0.25, 0.3) is 5.91 Å². The smallest absolute Gasteiger partial charge is 0.255 e. The summed E-state index contributed by atoms with van der Waals surface area (Å²) < 4.78 is 5.27. The minimum atomic E-state index is -0.372. The number of hydrogen-bond donors (Lipinski definition) is 3. The van der Waals surface area contributed by atoms with Crippen LogP contribution in [-0.4, -0.2) is 39.4 Å². The van der Waals surface area contributed by atoms with E-state index in [-0.39, 0.29) is 17.1 Å². The van der Waals surface area contributed by atoms with Crippen LogP contribution >= 0.6 is 11.8 Å². The average Bonchev–Trinajstić information content (AvgIpc) is 3.52. The van der Waals surface area contributed by atoms with E-state index in [1.54, 1.807) is 43.5 Å². The molecule has 1 aliphatic rings. The third kappa shape index (κ3) is 6.17. The number of anilines is 2. The maximum Gasteiger partial charge on any atom is 0.255 e. The Balaban J connectivity index is 1.29. The van der Waals surface area contributed by atoms with Gasteiger partial charge in [-0.05, 0) is 49.2 Å². The standard InChI is InChI=1S/C25H29N5O3S/c1-16(34-25-28-22(29-30-25)15-17-7-3-4-8-17)23(31)26-19-13-11-18(12-14-19)24(32)27-20-9-5-6-10-21(20)33-2/h5-6,9-14,16-17H,3-4,7-8,15H2,1-2H3,(H,26,31)(H,27,32)(H,28,29,30). The van der Waals surface area contributed by atoms with Gasteiger partial charge < -0.3 is 15.4 Å². The van der Waals surface area contributed by atoms with E-state index in [0.717, 1.165) is 12.2 Å². The second kappa shape index (κ2) is 11.2. The molecule has 9 heteroatoms. The molecule has 0 saturated heterocycles. The molecule has 1 aromatic heterocycles. The third-order valence-corrected chi connectivity index (χ3v) is 6.85. The lowest BCUT2D eigenvalue weighted by atomic mass is 10.0. The molecule has 1 fully saturated rings. The van der Waals surface area contributed by atoms with Crippen LogP contribution in [0.4, 0.5) is 11.4 Å². The number of nitrogens with one attached hydrogen (secondary N) is 3. The molecule has 1 heterocycles. The Morgan fingerprint density at radius 3 is 2.59 bits per heavy atom. The number of carbonyl (C=O) groups excluding carboxylic acids is 2. The van der Waals surface area contributed by atoms with Gasteiger partial charge in [-0.25, -0.2) is 4.98 Å². The molecule has 1 unspecified atom stereocenters. The number of ether oxygens (including phenoxy) is 1.